The normalized spacial score (nSPS) is 26.3. The first kappa shape index (κ1) is 16.3. The molecule has 1 amide bonds. The van der Waals surface area contributed by atoms with Gasteiger partial charge in [-0.3, -0.25) is 14.7 Å². The number of pyridine rings is 1. The molecule has 0 aromatic carbocycles. The Morgan fingerprint density at radius 2 is 2.28 bits per heavy atom. The van der Waals surface area contributed by atoms with Crippen molar-refractivity contribution in [2.75, 3.05) is 13.1 Å². The summed E-state index contributed by atoms with van der Waals surface area (Å²) in [4.78, 5) is 19.0. The van der Waals surface area contributed by atoms with Crippen LogP contribution in [-0.2, 0) is 22.6 Å². The van der Waals surface area contributed by atoms with Gasteiger partial charge in [-0.05, 0) is 49.6 Å². The summed E-state index contributed by atoms with van der Waals surface area (Å²) in [6, 6.07) is 9.60. The van der Waals surface area contributed by atoms with Crippen molar-refractivity contribution in [3.05, 3.63) is 54.2 Å². The maximum Gasteiger partial charge on any atom is 0.249 e. The highest BCUT2D eigenvalue weighted by Crippen LogP contribution is 2.33. The minimum Gasteiger partial charge on any atom is -0.468 e. The van der Waals surface area contributed by atoms with Gasteiger partial charge in [0.1, 0.15) is 11.9 Å². The Morgan fingerprint density at radius 3 is 3.08 bits per heavy atom. The van der Waals surface area contributed by atoms with Crippen molar-refractivity contribution >= 4 is 5.91 Å². The lowest BCUT2D eigenvalue weighted by atomic mass is 9.91. The number of furan rings is 1. The first-order valence-corrected chi connectivity index (χ1v) is 8.86. The highest BCUT2D eigenvalue weighted by Gasteiger charge is 2.41. The number of nitrogens with zero attached hydrogens (tertiary/aromatic N) is 2. The Balaban J connectivity index is 1.28. The molecule has 4 heterocycles. The van der Waals surface area contributed by atoms with Gasteiger partial charge in [-0.15, -0.1) is 0 Å². The van der Waals surface area contributed by atoms with Crippen molar-refractivity contribution in [2.45, 2.75) is 38.1 Å². The molecule has 3 atom stereocenters. The van der Waals surface area contributed by atoms with Crippen LogP contribution in [0.3, 0.4) is 0 Å². The van der Waals surface area contributed by atoms with Gasteiger partial charge in [0, 0.05) is 12.7 Å². The minimum absolute atomic E-state index is 0.0300. The van der Waals surface area contributed by atoms with Crippen LogP contribution in [0.25, 0.3) is 0 Å². The summed E-state index contributed by atoms with van der Waals surface area (Å²) in [7, 11) is 0. The number of likely N-dealkylation sites (tertiary alicyclic amines) is 1. The summed E-state index contributed by atoms with van der Waals surface area (Å²) in [5.41, 5.74) is 0.857. The summed E-state index contributed by atoms with van der Waals surface area (Å²) in [5.74, 6) is 1.41. The summed E-state index contributed by atoms with van der Waals surface area (Å²) < 4.78 is 11.5. The van der Waals surface area contributed by atoms with Crippen LogP contribution in [0.1, 0.15) is 24.3 Å². The van der Waals surface area contributed by atoms with Gasteiger partial charge in [-0.1, -0.05) is 6.07 Å². The van der Waals surface area contributed by atoms with Crippen molar-refractivity contribution in [1.29, 1.82) is 0 Å². The van der Waals surface area contributed by atoms with Gasteiger partial charge in [0.25, 0.3) is 0 Å². The van der Waals surface area contributed by atoms with Crippen molar-refractivity contribution in [2.24, 2.45) is 5.92 Å². The zero-order chi connectivity index (χ0) is 17.1. The second-order valence-corrected chi connectivity index (χ2v) is 6.80. The summed E-state index contributed by atoms with van der Waals surface area (Å²) >= 11 is 0. The number of piperidine rings is 1. The van der Waals surface area contributed by atoms with Gasteiger partial charge in [0.05, 0.1) is 31.2 Å². The molecule has 2 aromatic rings. The quantitative estimate of drug-likeness (QED) is 0.901. The number of carbonyl (C=O) groups is 1. The number of hydrogen-bond donors (Lipinski definition) is 1. The van der Waals surface area contributed by atoms with Crippen LogP contribution in [0.5, 0.6) is 0 Å². The largest absolute Gasteiger partial charge is 0.468 e. The van der Waals surface area contributed by atoms with E-state index in [9.17, 15) is 4.79 Å². The Bertz CT molecular complexity index is 689. The fourth-order valence-electron chi connectivity index (χ4n) is 3.72. The number of fused-ring (bicyclic) bond motifs is 1. The third-order valence-electron chi connectivity index (χ3n) is 5.06. The smallest absolute Gasteiger partial charge is 0.249 e. The van der Waals surface area contributed by atoms with Gasteiger partial charge >= 0.3 is 0 Å². The maximum absolute atomic E-state index is 12.4. The van der Waals surface area contributed by atoms with E-state index in [0.29, 0.717) is 12.5 Å². The molecular weight excluding hydrogens is 318 g/mol. The molecule has 0 spiro atoms. The molecule has 0 unspecified atom stereocenters. The van der Waals surface area contributed by atoms with Crippen molar-refractivity contribution < 1.29 is 13.9 Å². The highest BCUT2D eigenvalue weighted by atomic mass is 16.5. The Morgan fingerprint density at radius 1 is 1.32 bits per heavy atom. The topological polar surface area (TPSA) is 67.6 Å². The zero-order valence-electron chi connectivity index (χ0n) is 14.1. The number of hydrogen-bond acceptors (Lipinski definition) is 5. The van der Waals surface area contributed by atoms with Crippen LogP contribution in [0.15, 0.2) is 47.2 Å². The molecule has 6 nitrogen and oxygen atoms in total. The Labute approximate surface area is 147 Å². The number of nitrogens with one attached hydrogen (secondary N) is 1. The third-order valence-corrected chi connectivity index (χ3v) is 5.06. The monoisotopic (exact) mass is 341 g/mol. The van der Waals surface area contributed by atoms with E-state index in [2.05, 4.69) is 15.2 Å². The van der Waals surface area contributed by atoms with Crippen LogP contribution in [0.4, 0.5) is 0 Å². The molecule has 132 valence electrons. The van der Waals surface area contributed by atoms with E-state index in [-0.39, 0.29) is 18.1 Å². The standard InChI is InChI=1S/C19H23N3O3/c23-19(21-11-15-4-1-2-7-20-15)17-10-14-6-8-22(13-18(14)25-17)12-16-5-3-9-24-16/h1-5,7,9,14,17-18H,6,8,10-13H2,(H,21,23)/t14-,17-,18+/m1/s1. The van der Waals surface area contributed by atoms with E-state index >= 15 is 0 Å². The van der Waals surface area contributed by atoms with Crippen molar-refractivity contribution in [3.8, 4) is 0 Å². The molecule has 6 heteroatoms. The predicted octanol–water partition coefficient (Wildman–Crippen LogP) is 1.97. The Kier molecular flexibility index (Phi) is 4.81. The van der Waals surface area contributed by atoms with Gasteiger partial charge in [0.15, 0.2) is 0 Å². The fraction of sp³-hybridized carbons (Fsp3) is 0.474. The SMILES string of the molecule is O=C(NCc1ccccn1)[C@H]1C[C@H]2CCN(Cc3ccco3)C[C@@H]2O1. The highest BCUT2D eigenvalue weighted by molar-refractivity contribution is 5.81. The molecule has 0 radical (unpaired) electrons. The first-order chi connectivity index (χ1) is 12.3. The minimum atomic E-state index is -0.345. The third kappa shape index (κ3) is 3.91. The molecule has 0 bridgehead atoms. The van der Waals surface area contributed by atoms with Crippen LogP contribution < -0.4 is 5.32 Å². The van der Waals surface area contributed by atoms with Gasteiger partial charge in [-0.25, -0.2) is 0 Å². The molecular formula is C19H23N3O3. The zero-order valence-corrected chi connectivity index (χ0v) is 14.1. The number of carbonyl (C=O) groups excluding carboxylic acids is 1. The first-order valence-electron chi connectivity index (χ1n) is 8.86. The second kappa shape index (κ2) is 7.37. The summed E-state index contributed by atoms with van der Waals surface area (Å²) in [5, 5.41) is 2.94. The van der Waals surface area contributed by atoms with Crippen LogP contribution in [0.2, 0.25) is 0 Å². The molecule has 1 N–H and O–H groups in total. The molecule has 2 saturated heterocycles. The van der Waals surface area contributed by atoms with Crippen LogP contribution >= 0.6 is 0 Å². The predicted molar refractivity (Wildman–Crippen MR) is 91.5 cm³/mol. The molecule has 4 rings (SSSR count). The fourth-order valence-corrected chi connectivity index (χ4v) is 3.72. The maximum atomic E-state index is 12.4. The van der Waals surface area contributed by atoms with Crippen molar-refractivity contribution in [3.63, 3.8) is 0 Å². The van der Waals surface area contributed by atoms with E-state index in [1.54, 1.807) is 12.5 Å². The number of ether oxygens (including phenoxy) is 1. The second-order valence-electron chi connectivity index (χ2n) is 6.80. The number of aromatic nitrogens is 1. The molecule has 2 aliphatic rings. The molecule has 2 aliphatic heterocycles. The molecule has 25 heavy (non-hydrogen) atoms. The van der Waals surface area contributed by atoms with Gasteiger partial charge in [0.2, 0.25) is 5.91 Å². The lowest BCUT2D eigenvalue weighted by molar-refractivity contribution is -0.133. The average Bonchev–Trinajstić information content (AvgIpc) is 3.30. The summed E-state index contributed by atoms with van der Waals surface area (Å²) in [6.07, 6.45) is 5.10. The molecule has 2 aromatic heterocycles. The number of rotatable bonds is 5. The number of amides is 1. The van der Waals surface area contributed by atoms with Crippen LogP contribution in [-0.4, -0.2) is 41.1 Å². The van der Waals surface area contributed by atoms with Crippen LogP contribution in [0, 0.1) is 5.92 Å². The average molecular weight is 341 g/mol. The molecule has 0 saturated carbocycles. The lowest BCUT2D eigenvalue weighted by Gasteiger charge is -2.33. The van der Waals surface area contributed by atoms with Crippen molar-refractivity contribution in [1.82, 2.24) is 15.2 Å². The van der Waals surface area contributed by atoms with Gasteiger partial charge < -0.3 is 14.5 Å². The van der Waals surface area contributed by atoms with E-state index < -0.39 is 0 Å². The lowest BCUT2D eigenvalue weighted by Crippen LogP contribution is -2.42. The molecule has 0 aliphatic carbocycles. The summed E-state index contributed by atoms with van der Waals surface area (Å²) in [6.45, 7) is 3.12. The van der Waals surface area contributed by atoms with E-state index in [4.69, 9.17) is 9.15 Å². The van der Waals surface area contributed by atoms with E-state index in [1.165, 1.54) is 0 Å². The molecule has 2 fully saturated rings. The van der Waals surface area contributed by atoms with E-state index in [0.717, 1.165) is 43.9 Å². The Hall–Kier alpha value is -2.18. The van der Waals surface area contributed by atoms with Gasteiger partial charge in [-0.2, -0.15) is 0 Å². The van der Waals surface area contributed by atoms with E-state index in [1.807, 2.05) is 30.3 Å².